The predicted molar refractivity (Wildman–Crippen MR) is 62.6 cm³/mol. The van der Waals surface area contributed by atoms with Crippen molar-refractivity contribution in [2.75, 3.05) is 32.6 Å². The van der Waals surface area contributed by atoms with Crippen LogP contribution in [-0.4, -0.2) is 62.5 Å². The van der Waals surface area contributed by atoms with Crippen LogP contribution >= 0.6 is 0 Å². The highest BCUT2D eigenvalue weighted by atomic mass is 32.2. The lowest BCUT2D eigenvalue weighted by Crippen LogP contribution is -2.48. The van der Waals surface area contributed by atoms with Crippen LogP contribution in [0.25, 0.3) is 0 Å². The Morgan fingerprint density at radius 2 is 2.05 bits per heavy atom. The second kappa shape index (κ2) is 5.86. The van der Waals surface area contributed by atoms with Crippen LogP contribution in [0.5, 0.6) is 0 Å². The highest BCUT2D eigenvalue weighted by Crippen LogP contribution is 2.46. The van der Waals surface area contributed by atoms with Crippen LogP contribution in [0.3, 0.4) is 0 Å². The molecule has 0 aliphatic carbocycles. The number of carboxylic acids is 1. The third kappa shape index (κ3) is 3.23. The Balaban J connectivity index is 2.87. The summed E-state index contributed by atoms with van der Waals surface area (Å²) in [6, 6.07) is 0. The molecule has 0 aromatic rings. The number of rotatable bonds is 6. The number of ether oxygens (including phenoxy) is 1. The van der Waals surface area contributed by atoms with E-state index in [9.17, 15) is 26.4 Å². The number of hydrogen-bond donors (Lipinski definition) is 1. The molecule has 0 saturated carbocycles. The molecule has 1 N–H and O–H groups in total. The van der Waals surface area contributed by atoms with Gasteiger partial charge >= 0.3 is 12.1 Å². The summed E-state index contributed by atoms with van der Waals surface area (Å²) in [5.74, 6) is -2.41. The van der Waals surface area contributed by atoms with Gasteiger partial charge in [-0.05, 0) is 12.8 Å². The molecule has 10 heteroatoms. The second-order valence-electron chi connectivity index (χ2n) is 4.63. The van der Waals surface area contributed by atoms with Gasteiger partial charge in [0.1, 0.15) is 0 Å². The lowest BCUT2D eigenvalue weighted by molar-refractivity contribution is -0.226. The number of sulfonamides is 1. The molecule has 1 rings (SSSR count). The van der Waals surface area contributed by atoms with Gasteiger partial charge in [-0.1, -0.05) is 0 Å². The van der Waals surface area contributed by atoms with E-state index in [1.807, 2.05) is 0 Å². The van der Waals surface area contributed by atoms with E-state index in [-0.39, 0.29) is 18.8 Å². The predicted octanol–water partition coefficient (Wildman–Crippen LogP) is 0.692. The number of alkyl halides is 3. The zero-order valence-electron chi connectivity index (χ0n) is 10.8. The van der Waals surface area contributed by atoms with Crippen molar-refractivity contribution in [2.45, 2.75) is 19.0 Å². The lowest BCUT2D eigenvalue weighted by atomic mass is 9.86. The fourth-order valence-corrected chi connectivity index (χ4v) is 3.58. The van der Waals surface area contributed by atoms with Crippen molar-refractivity contribution in [3.63, 3.8) is 0 Å². The molecule has 1 aliphatic heterocycles. The molecule has 118 valence electrons. The second-order valence-corrected chi connectivity index (χ2v) is 6.72. The van der Waals surface area contributed by atoms with Crippen molar-refractivity contribution >= 4 is 16.0 Å². The first kappa shape index (κ1) is 17.2. The maximum absolute atomic E-state index is 12.9. The van der Waals surface area contributed by atoms with E-state index in [1.54, 1.807) is 0 Å². The zero-order valence-corrected chi connectivity index (χ0v) is 11.6. The van der Waals surface area contributed by atoms with E-state index < -0.39 is 47.1 Å². The Kier molecular flexibility index (Phi) is 5.03. The Labute approximate surface area is 114 Å². The van der Waals surface area contributed by atoms with E-state index >= 15 is 0 Å². The van der Waals surface area contributed by atoms with Crippen LogP contribution < -0.4 is 0 Å². The first-order valence-electron chi connectivity index (χ1n) is 5.84. The van der Waals surface area contributed by atoms with E-state index in [0.29, 0.717) is 4.31 Å². The number of carboxylic acid groups (broad SMARTS) is 1. The van der Waals surface area contributed by atoms with Crippen LogP contribution in [0.4, 0.5) is 13.2 Å². The molecule has 1 saturated heterocycles. The maximum Gasteiger partial charge on any atom is 0.406 e. The number of carbonyl (C=O) groups is 1. The average Bonchev–Trinajstić information content (AvgIpc) is 2.75. The highest BCUT2D eigenvalue weighted by molar-refractivity contribution is 7.89. The number of nitrogens with zero attached hydrogens (tertiary/aromatic N) is 1. The van der Waals surface area contributed by atoms with Gasteiger partial charge in [-0.3, -0.25) is 4.79 Å². The van der Waals surface area contributed by atoms with Crippen molar-refractivity contribution in [2.24, 2.45) is 5.41 Å². The van der Waals surface area contributed by atoms with Crippen LogP contribution in [-0.2, 0) is 19.6 Å². The van der Waals surface area contributed by atoms with E-state index in [0.717, 1.165) is 0 Å². The molecule has 1 atom stereocenters. The van der Waals surface area contributed by atoms with E-state index in [4.69, 9.17) is 5.11 Å². The Bertz CT molecular complexity index is 464. The van der Waals surface area contributed by atoms with Crippen LogP contribution in [0.1, 0.15) is 12.8 Å². The molecule has 0 aromatic heterocycles. The van der Waals surface area contributed by atoms with Gasteiger partial charge < -0.3 is 9.84 Å². The largest absolute Gasteiger partial charge is 0.481 e. The minimum atomic E-state index is -4.99. The van der Waals surface area contributed by atoms with Crippen LogP contribution in [0, 0.1) is 5.41 Å². The third-order valence-corrected chi connectivity index (χ3v) is 5.23. The molecule has 0 amide bonds. The standard InChI is InChI=1S/C10H16F3NO5S/c1-19-5-2-6-20(17,18)14-4-3-9(7-14,8(15)16)10(11,12)13/h2-7H2,1H3,(H,15,16). The lowest BCUT2D eigenvalue weighted by Gasteiger charge is -2.27. The smallest absolute Gasteiger partial charge is 0.406 e. The Hall–Kier alpha value is -0.870. The monoisotopic (exact) mass is 319 g/mol. The average molecular weight is 319 g/mol. The fraction of sp³-hybridized carbons (Fsp3) is 0.900. The normalized spacial score (nSPS) is 25.0. The van der Waals surface area contributed by atoms with Gasteiger partial charge in [0.2, 0.25) is 10.0 Å². The molecular formula is C10H16F3NO5S. The summed E-state index contributed by atoms with van der Waals surface area (Å²) in [5, 5.41) is 8.84. The van der Waals surface area contributed by atoms with E-state index in [1.165, 1.54) is 7.11 Å². The summed E-state index contributed by atoms with van der Waals surface area (Å²) >= 11 is 0. The number of hydrogen-bond acceptors (Lipinski definition) is 4. The van der Waals surface area contributed by atoms with Gasteiger partial charge in [0.15, 0.2) is 5.41 Å². The maximum atomic E-state index is 12.9. The SMILES string of the molecule is COCCCS(=O)(=O)N1CCC(C(=O)O)(C(F)(F)F)C1. The summed E-state index contributed by atoms with van der Waals surface area (Å²) in [7, 11) is -2.53. The molecule has 6 nitrogen and oxygen atoms in total. The molecular weight excluding hydrogens is 303 g/mol. The summed E-state index contributed by atoms with van der Waals surface area (Å²) in [4.78, 5) is 10.9. The zero-order chi connectivity index (χ0) is 15.6. The number of methoxy groups -OCH3 is 1. The molecule has 1 unspecified atom stereocenters. The van der Waals surface area contributed by atoms with Crippen molar-refractivity contribution in [3.05, 3.63) is 0 Å². The van der Waals surface area contributed by atoms with Gasteiger partial charge in [0.25, 0.3) is 0 Å². The molecule has 1 aliphatic rings. The summed E-state index contributed by atoms with van der Waals surface area (Å²) in [6.45, 7) is -1.35. The number of halogens is 3. The molecule has 0 aromatic carbocycles. The number of aliphatic carboxylic acids is 1. The molecule has 0 spiro atoms. The van der Waals surface area contributed by atoms with E-state index in [2.05, 4.69) is 4.74 Å². The van der Waals surface area contributed by atoms with Gasteiger partial charge in [0.05, 0.1) is 5.75 Å². The summed E-state index contributed by atoms with van der Waals surface area (Å²) in [6.07, 6.45) is -5.62. The molecule has 20 heavy (non-hydrogen) atoms. The summed E-state index contributed by atoms with van der Waals surface area (Å²) in [5.41, 5.74) is -3.01. The Morgan fingerprint density at radius 1 is 1.45 bits per heavy atom. The quantitative estimate of drug-likeness (QED) is 0.728. The first-order chi connectivity index (χ1) is 9.07. The van der Waals surface area contributed by atoms with Crippen molar-refractivity contribution in [1.29, 1.82) is 0 Å². The minimum Gasteiger partial charge on any atom is -0.481 e. The van der Waals surface area contributed by atoms with Crippen molar-refractivity contribution in [1.82, 2.24) is 4.31 Å². The van der Waals surface area contributed by atoms with Gasteiger partial charge in [-0.15, -0.1) is 0 Å². The van der Waals surface area contributed by atoms with Crippen LogP contribution in [0.15, 0.2) is 0 Å². The first-order valence-corrected chi connectivity index (χ1v) is 7.44. The molecule has 0 radical (unpaired) electrons. The van der Waals surface area contributed by atoms with Crippen molar-refractivity contribution < 1.29 is 36.2 Å². The van der Waals surface area contributed by atoms with Crippen molar-refractivity contribution in [3.8, 4) is 0 Å². The van der Waals surface area contributed by atoms with Gasteiger partial charge in [0, 0.05) is 26.8 Å². The molecule has 1 fully saturated rings. The van der Waals surface area contributed by atoms with Crippen LogP contribution in [0.2, 0.25) is 0 Å². The summed E-state index contributed by atoms with van der Waals surface area (Å²) < 4.78 is 67.7. The van der Waals surface area contributed by atoms with Gasteiger partial charge in [-0.25, -0.2) is 12.7 Å². The minimum absolute atomic E-state index is 0.140. The van der Waals surface area contributed by atoms with Gasteiger partial charge in [-0.2, -0.15) is 13.2 Å². The Morgan fingerprint density at radius 3 is 2.45 bits per heavy atom. The molecule has 1 heterocycles. The third-order valence-electron chi connectivity index (χ3n) is 3.33. The highest BCUT2D eigenvalue weighted by Gasteiger charge is 2.64. The molecule has 0 bridgehead atoms. The fourth-order valence-electron chi connectivity index (χ4n) is 2.05. The topological polar surface area (TPSA) is 83.9 Å².